The second-order valence-electron chi connectivity index (χ2n) is 2.69. The van der Waals surface area contributed by atoms with Gasteiger partial charge in [0.05, 0.1) is 0 Å². The van der Waals surface area contributed by atoms with Gasteiger partial charge in [-0.2, -0.15) is 0 Å². The molecule has 5 heteroatoms. The summed E-state index contributed by atoms with van der Waals surface area (Å²) in [5, 5.41) is 8.69. The average Bonchev–Trinajstić information content (AvgIpc) is 1.90. The Morgan fingerprint density at radius 3 is 1.58 bits per heavy atom. The van der Waals surface area contributed by atoms with Crippen LogP contribution in [0.4, 0.5) is 0 Å². The third kappa shape index (κ3) is 9.63. The molecule has 0 aromatic heterocycles. The molecule has 0 amide bonds. The largest absolute Gasteiger partial charge is 3.00 e. The first-order valence-electron chi connectivity index (χ1n) is 3.54. The maximum Gasteiger partial charge on any atom is 3.00 e. The fraction of sp³-hybridized carbons (Fsp3) is 1.00. The van der Waals surface area contributed by atoms with Crippen LogP contribution >= 0.6 is 0 Å². The number of aliphatic hydroxyl groups is 1. The minimum absolute atomic E-state index is 0. The predicted molar refractivity (Wildman–Crippen MR) is 33.7 cm³/mol. The van der Waals surface area contributed by atoms with Gasteiger partial charge in [0.1, 0.15) is 0 Å². The normalized spacial score (nSPS) is 15.8. The maximum absolute atomic E-state index is 8.69. The Balaban J connectivity index is -0.0000000800. The Morgan fingerprint density at radius 1 is 0.917 bits per heavy atom. The van der Waals surface area contributed by atoms with Crippen molar-refractivity contribution in [3.63, 3.8) is 0 Å². The predicted octanol–water partition coefficient (Wildman–Crippen LogP) is -7.43. The fourth-order valence-electron chi connectivity index (χ4n) is 1.37. The molecular formula is C7H14Cl3OTi. The standard InChI is InChI=1S/C7H14O.3ClH.Ti/c8-6-7-4-2-1-3-5-7;;;;/h7-8H,1-6H2;3*1H;/q;;;;+3/p-3. The van der Waals surface area contributed by atoms with Gasteiger partial charge in [0.15, 0.2) is 0 Å². The quantitative estimate of drug-likeness (QED) is 0.469. The van der Waals surface area contributed by atoms with Crippen LogP contribution in [-0.2, 0) is 21.7 Å². The SMILES string of the molecule is OCC1CCCCC1.[Cl-].[Cl-].[Cl-].[Ti+3]. The van der Waals surface area contributed by atoms with E-state index in [4.69, 9.17) is 5.11 Å². The summed E-state index contributed by atoms with van der Waals surface area (Å²) in [5.41, 5.74) is 0. The van der Waals surface area contributed by atoms with Gasteiger partial charge in [-0.25, -0.2) is 0 Å². The molecule has 0 heterocycles. The zero-order valence-electron chi connectivity index (χ0n) is 6.90. The molecule has 0 atom stereocenters. The van der Waals surface area contributed by atoms with E-state index in [1.54, 1.807) is 0 Å². The topological polar surface area (TPSA) is 20.2 Å². The van der Waals surface area contributed by atoms with Crippen molar-refractivity contribution in [3.8, 4) is 0 Å². The number of rotatable bonds is 1. The van der Waals surface area contributed by atoms with Gasteiger partial charge in [0, 0.05) is 6.61 Å². The van der Waals surface area contributed by atoms with E-state index in [9.17, 15) is 0 Å². The first kappa shape index (κ1) is 23.4. The molecular weight excluding hydrogens is 254 g/mol. The van der Waals surface area contributed by atoms with Gasteiger partial charge >= 0.3 is 21.7 Å². The average molecular weight is 268 g/mol. The van der Waals surface area contributed by atoms with Crippen LogP contribution in [0.5, 0.6) is 0 Å². The summed E-state index contributed by atoms with van der Waals surface area (Å²) in [7, 11) is 0. The summed E-state index contributed by atoms with van der Waals surface area (Å²) in [6.07, 6.45) is 6.58. The Kier molecular flexibility index (Phi) is 29.3. The van der Waals surface area contributed by atoms with E-state index in [2.05, 4.69) is 0 Å². The van der Waals surface area contributed by atoms with Crippen LogP contribution in [0, 0.1) is 5.92 Å². The van der Waals surface area contributed by atoms with E-state index >= 15 is 0 Å². The van der Waals surface area contributed by atoms with Crippen molar-refractivity contribution < 1.29 is 64.0 Å². The molecule has 1 N–H and O–H groups in total. The molecule has 73 valence electrons. The van der Waals surface area contributed by atoms with Crippen LogP contribution in [0.25, 0.3) is 0 Å². The van der Waals surface area contributed by atoms with Crippen molar-refractivity contribution in [2.75, 3.05) is 6.61 Å². The summed E-state index contributed by atoms with van der Waals surface area (Å²) in [4.78, 5) is 0. The minimum atomic E-state index is 0. The molecule has 1 radical (unpaired) electrons. The van der Waals surface area contributed by atoms with Gasteiger partial charge in [0.25, 0.3) is 0 Å². The Bertz CT molecular complexity index is 69.7. The van der Waals surface area contributed by atoms with E-state index in [1.165, 1.54) is 32.1 Å². The summed E-state index contributed by atoms with van der Waals surface area (Å²) in [5.74, 6) is 0.642. The second kappa shape index (κ2) is 15.0. The molecule has 1 nitrogen and oxygen atoms in total. The van der Waals surface area contributed by atoms with Gasteiger partial charge in [0.2, 0.25) is 0 Å². The van der Waals surface area contributed by atoms with Crippen molar-refractivity contribution in [2.45, 2.75) is 32.1 Å². The van der Waals surface area contributed by atoms with Crippen LogP contribution < -0.4 is 37.2 Å². The molecule has 12 heavy (non-hydrogen) atoms. The molecule has 1 aliphatic rings. The van der Waals surface area contributed by atoms with Crippen molar-refractivity contribution in [2.24, 2.45) is 5.92 Å². The van der Waals surface area contributed by atoms with Gasteiger partial charge in [-0.3, -0.25) is 0 Å². The Hall–Kier alpha value is 1.54. The first-order valence-corrected chi connectivity index (χ1v) is 3.54. The number of hydrogen-bond acceptors (Lipinski definition) is 1. The van der Waals surface area contributed by atoms with Crippen LogP contribution in [0.1, 0.15) is 32.1 Å². The molecule has 0 aromatic carbocycles. The minimum Gasteiger partial charge on any atom is -1.00 e. The smallest absolute Gasteiger partial charge is 1.00 e. The summed E-state index contributed by atoms with van der Waals surface area (Å²) < 4.78 is 0. The number of aliphatic hydroxyl groups excluding tert-OH is 1. The van der Waals surface area contributed by atoms with E-state index < -0.39 is 0 Å². The number of hydrogen-bond donors (Lipinski definition) is 1. The summed E-state index contributed by atoms with van der Waals surface area (Å²) in [6.45, 7) is 0.417. The third-order valence-corrected chi connectivity index (χ3v) is 1.98. The molecule has 0 bridgehead atoms. The zero-order chi connectivity index (χ0) is 5.82. The number of halogens is 3. The Morgan fingerprint density at radius 2 is 1.33 bits per heavy atom. The summed E-state index contributed by atoms with van der Waals surface area (Å²) in [6, 6.07) is 0. The maximum atomic E-state index is 8.69. The summed E-state index contributed by atoms with van der Waals surface area (Å²) >= 11 is 0. The van der Waals surface area contributed by atoms with Crippen molar-refractivity contribution >= 4 is 0 Å². The van der Waals surface area contributed by atoms with Crippen molar-refractivity contribution in [1.82, 2.24) is 0 Å². The molecule has 1 aliphatic carbocycles. The van der Waals surface area contributed by atoms with Crippen LogP contribution in [0.3, 0.4) is 0 Å². The van der Waals surface area contributed by atoms with E-state index in [0.717, 1.165) is 0 Å². The second-order valence-corrected chi connectivity index (χ2v) is 2.69. The van der Waals surface area contributed by atoms with Crippen molar-refractivity contribution in [1.29, 1.82) is 0 Å². The molecule has 0 unspecified atom stereocenters. The molecule has 0 saturated heterocycles. The molecule has 1 rings (SSSR count). The van der Waals surface area contributed by atoms with Crippen molar-refractivity contribution in [3.05, 3.63) is 0 Å². The Labute approximate surface area is 108 Å². The van der Waals surface area contributed by atoms with Crippen LogP contribution in [-0.4, -0.2) is 11.7 Å². The van der Waals surface area contributed by atoms with Gasteiger partial charge in [-0.05, 0) is 18.8 Å². The molecule has 0 spiro atoms. The van der Waals surface area contributed by atoms with E-state index in [-0.39, 0.29) is 58.9 Å². The monoisotopic (exact) mass is 267 g/mol. The first-order chi connectivity index (χ1) is 3.93. The fourth-order valence-corrected chi connectivity index (χ4v) is 1.37. The van der Waals surface area contributed by atoms with E-state index in [1.807, 2.05) is 0 Å². The molecule has 1 saturated carbocycles. The van der Waals surface area contributed by atoms with Gasteiger partial charge in [-0.1, -0.05) is 19.3 Å². The van der Waals surface area contributed by atoms with Gasteiger partial charge in [-0.15, -0.1) is 0 Å². The third-order valence-electron chi connectivity index (χ3n) is 1.98. The molecule has 1 fully saturated rings. The molecule has 0 aliphatic heterocycles. The zero-order valence-corrected chi connectivity index (χ0v) is 10.7. The van der Waals surface area contributed by atoms with Crippen LogP contribution in [0.15, 0.2) is 0 Å². The molecule has 0 aromatic rings. The van der Waals surface area contributed by atoms with Crippen LogP contribution in [0.2, 0.25) is 0 Å². The van der Waals surface area contributed by atoms with E-state index in [0.29, 0.717) is 12.5 Å². The van der Waals surface area contributed by atoms with Gasteiger partial charge < -0.3 is 42.3 Å².